The molecule has 0 atom stereocenters. The van der Waals surface area contributed by atoms with Crippen molar-refractivity contribution in [2.45, 2.75) is 142 Å². The molecule has 1 fully saturated rings. The third-order valence-electron chi connectivity index (χ3n) is 7.54. The van der Waals surface area contributed by atoms with Gasteiger partial charge in [-0.2, -0.15) is 0 Å². The zero-order valence-electron chi connectivity index (χ0n) is 25.5. The van der Waals surface area contributed by atoms with Gasteiger partial charge in [0.15, 0.2) is 0 Å². The van der Waals surface area contributed by atoms with Crippen LogP contribution < -0.4 is 10.4 Å². The lowest BCUT2D eigenvalue weighted by molar-refractivity contribution is -0.117. The Morgan fingerprint density at radius 3 is 1.43 bits per heavy atom. The van der Waals surface area contributed by atoms with Gasteiger partial charge in [0.05, 0.1) is 9.92 Å². The maximum atomic E-state index is 13.3. The molecule has 1 aliphatic rings. The van der Waals surface area contributed by atoms with Crippen LogP contribution in [0.1, 0.15) is 142 Å². The number of thioether (sulfide) groups is 2. The molecular weight excluding hydrogens is 533 g/mol. The Bertz CT molecular complexity index is 816. The number of nitrogens with zero attached hydrogens (tertiary/aromatic N) is 1. The summed E-state index contributed by atoms with van der Waals surface area (Å²) >= 11 is 3.43. The van der Waals surface area contributed by atoms with Crippen LogP contribution >= 0.6 is 23.5 Å². The van der Waals surface area contributed by atoms with Gasteiger partial charge in [0.25, 0.3) is 11.8 Å². The Kier molecular flexibility index (Phi) is 20.2. The van der Waals surface area contributed by atoms with Crippen molar-refractivity contribution in [3.8, 4) is 0 Å². The molecule has 0 aliphatic carbocycles. The molecule has 4 nitrogen and oxygen atoms in total. The minimum absolute atomic E-state index is 0.225. The minimum Gasteiger partial charge on any atom is -0.267 e. The summed E-state index contributed by atoms with van der Waals surface area (Å²) in [5, 5.41) is 1.40. The van der Waals surface area contributed by atoms with E-state index in [9.17, 15) is 9.59 Å². The molecule has 1 heterocycles. The van der Waals surface area contributed by atoms with Crippen LogP contribution in [0.15, 0.2) is 40.1 Å². The largest absolute Gasteiger partial charge is 0.284 e. The Morgan fingerprint density at radius 1 is 0.600 bits per heavy atom. The van der Waals surface area contributed by atoms with Crippen LogP contribution in [0.2, 0.25) is 0 Å². The first-order valence-corrected chi connectivity index (χ1v) is 18.4. The fourth-order valence-electron chi connectivity index (χ4n) is 5.05. The number of hydrogen-bond donors (Lipinski definition) is 1. The molecule has 40 heavy (non-hydrogen) atoms. The summed E-state index contributed by atoms with van der Waals surface area (Å²) in [6.45, 7) is 4.54. The van der Waals surface area contributed by atoms with Crippen LogP contribution in [0.25, 0.3) is 0 Å². The highest BCUT2D eigenvalue weighted by Gasteiger charge is 2.37. The van der Waals surface area contributed by atoms with Crippen molar-refractivity contribution < 1.29 is 9.59 Å². The Morgan fingerprint density at radius 2 is 1.00 bits per heavy atom. The van der Waals surface area contributed by atoms with E-state index in [1.807, 2.05) is 30.3 Å². The van der Waals surface area contributed by atoms with Crippen LogP contribution in [0, 0.1) is 0 Å². The van der Waals surface area contributed by atoms with E-state index in [1.54, 1.807) is 23.5 Å². The average molecular weight is 589 g/mol. The van der Waals surface area contributed by atoms with Crippen LogP contribution in [-0.4, -0.2) is 23.3 Å². The monoisotopic (exact) mass is 588 g/mol. The first-order chi connectivity index (χ1) is 19.7. The van der Waals surface area contributed by atoms with Gasteiger partial charge in [-0.15, -0.1) is 23.5 Å². The van der Waals surface area contributed by atoms with Gasteiger partial charge < -0.3 is 0 Å². The summed E-state index contributed by atoms with van der Waals surface area (Å²) < 4.78 is 0.910. The number of hydrazine groups is 1. The van der Waals surface area contributed by atoms with Gasteiger partial charge in [0, 0.05) is 0 Å². The van der Waals surface area contributed by atoms with Gasteiger partial charge in [-0.25, -0.2) is 5.01 Å². The van der Waals surface area contributed by atoms with E-state index in [1.165, 1.54) is 121 Å². The molecule has 1 aromatic rings. The molecule has 0 spiro atoms. The highest BCUT2D eigenvalue weighted by atomic mass is 32.2. The number of rotatable bonds is 25. The highest BCUT2D eigenvalue weighted by Crippen LogP contribution is 2.36. The van der Waals surface area contributed by atoms with Gasteiger partial charge in [0.1, 0.15) is 5.57 Å². The third kappa shape index (κ3) is 14.5. The Hall–Kier alpha value is -1.40. The van der Waals surface area contributed by atoms with E-state index in [4.69, 9.17) is 0 Å². The zero-order valence-corrected chi connectivity index (χ0v) is 27.2. The fraction of sp³-hybridized carbons (Fsp3) is 0.706. The Labute approximate surface area is 254 Å². The molecule has 226 valence electrons. The SMILES string of the molecule is CCCCCCCCCCCCSC(SCCCCCCCCCCCC)=C1C(=O)NN(c2ccccc2)C1=O. The number of carbonyl (C=O) groups is 2. The number of carbonyl (C=O) groups excluding carboxylic acids is 2. The van der Waals surface area contributed by atoms with Gasteiger partial charge in [-0.1, -0.05) is 148 Å². The highest BCUT2D eigenvalue weighted by molar-refractivity contribution is 8.22. The summed E-state index contributed by atoms with van der Waals surface area (Å²) in [6, 6.07) is 9.40. The molecule has 2 amide bonds. The van der Waals surface area contributed by atoms with Gasteiger partial charge >= 0.3 is 0 Å². The first-order valence-electron chi connectivity index (χ1n) is 16.4. The summed E-state index contributed by atoms with van der Waals surface area (Å²) in [7, 11) is 0. The van der Waals surface area contributed by atoms with Crippen molar-refractivity contribution in [3.63, 3.8) is 0 Å². The second-order valence-electron chi connectivity index (χ2n) is 11.1. The molecule has 1 N–H and O–H groups in total. The van der Waals surface area contributed by atoms with Crippen molar-refractivity contribution in [1.29, 1.82) is 0 Å². The molecule has 0 radical (unpaired) electrons. The van der Waals surface area contributed by atoms with Crippen LogP contribution in [0.4, 0.5) is 5.69 Å². The predicted octanol–water partition coefficient (Wildman–Crippen LogP) is 10.6. The fourth-order valence-corrected chi connectivity index (χ4v) is 7.60. The second-order valence-corrected chi connectivity index (χ2v) is 13.6. The zero-order chi connectivity index (χ0) is 28.7. The molecule has 2 rings (SSSR count). The molecule has 0 saturated carbocycles. The maximum absolute atomic E-state index is 13.3. The van der Waals surface area contributed by atoms with Crippen molar-refractivity contribution in [1.82, 2.24) is 5.43 Å². The van der Waals surface area contributed by atoms with Gasteiger partial charge in [0.2, 0.25) is 0 Å². The lowest BCUT2D eigenvalue weighted by Crippen LogP contribution is -2.35. The minimum atomic E-state index is -0.269. The third-order valence-corrected chi connectivity index (χ3v) is 10.2. The molecular formula is C34H56N2O2S2. The number of amides is 2. The number of benzene rings is 1. The standard InChI is InChI=1S/C34H56N2O2S2/c1-3-5-7-9-11-13-15-17-19-24-28-39-34(40-29-25-20-18-16-14-12-10-8-6-4-2)31-32(37)35-36(33(31)38)30-26-22-21-23-27-30/h21-23,26-27H,3-20,24-25,28-29H2,1-2H3,(H,35,37). The van der Waals surface area contributed by atoms with E-state index in [-0.39, 0.29) is 11.8 Å². The normalized spacial score (nSPS) is 13.3. The van der Waals surface area contributed by atoms with E-state index in [0.29, 0.717) is 11.3 Å². The van der Waals surface area contributed by atoms with E-state index in [2.05, 4.69) is 19.3 Å². The molecule has 0 unspecified atom stereocenters. The lowest BCUT2D eigenvalue weighted by atomic mass is 10.1. The van der Waals surface area contributed by atoms with Crippen molar-refractivity contribution >= 4 is 41.0 Å². The number of hydrogen-bond acceptors (Lipinski definition) is 4. The van der Waals surface area contributed by atoms with E-state index in [0.717, 1.165) is 28.6 Å². The maximum Gasteiger partial charge on any atom is 0.284 e. The van der Waals surface area contributed by atoms with Gasteiger partial charge in [-0.3, -0.25) is 15.0 Å². The summed E-state index contributed by atoms with van der Waals surface area (Å²) in [4.78, 5) is 26.3. The first kappa shape index (κ1) is 34.8. The van der Waals surface area contributed by atoms with Crippen molar-refractivity contribution in [2.24, 2.45) is 0 Å². The summed E-state index contributed by atoms with van der Waals surface area (Å²) in [6.07, 6.45) is 26.3. The van der Waals surface area contributed by atoms with Crippen LogP contribution in [0.5, 0.6) is 0 Å². The van der Waals surface area contributed by atoms with Crippen LogP contribution in [0.3, 0.4) is 0 Å². The average Bonchev–Trinajstić information content (AvgIpc) is 3.27. The molecule has 1 saturated heterocycles. The molecule has 1 aromatic carbocycles. The number of anilines is 1. The predicted molar refractivity (Wildman–Crippen MR) is 178 cm³/mol. The van der Waals surface area contributed by atoms with Crippen LogP contribution in [-0.2, 0) is 9.59 Å². The lowest BCUT2D eigenvalue weighted by Gasteiger charge is -2.14. The molecule has 6 heteroatoms. The topological polar surface area (TPSA) is 49.4 Å². The van der Waals surface area contributed by atoms with E-state index < -0.39 is 0 Å². The quantitative estimate of drug-likeness (QED) is 0.0701. The number of unbranched alkanes of at least 4 members (excludes halogenated alkanes) is 18. The molecule has 0 aromatic heterocycles. The van der Waals surface area contributed by atoms with Crippen molar-refractivity contribution in [3.05, 3.63) is 40.1 Å². The van der Waals surface area contributed by atoms with Gasteiger partial charge in [-0.05, 0) is 36.5 Å². The second kappa shape index (κ2) is 23.2. The number of para-hydroxylation sites is 1. The molecule has 1 aliphatic heterocycles. The summed E-state index contributed by atoms with van der Waals surface area (Å²) in [5.41, 5.74) is 3.83. The summed E-state index contributed by atoms with van der Waals surface area (Å²) in [5.74, 6) is 1.44. The smallest absolute Gasteiger partial charge is 0.267 e. The number of nitrogens with one attached hydrogen (secondary N) is 1. The van der Waals surface area contributed by atoms with Crippen molar-refractivity contribution in [2.75, 3.05) is 16.5 Å². The Balaban J connectivity index is 1.78. The molecule has 0 bridgehead atoms. The van der Waals surface area contributed by atoms with E-state index >= 15 is 0 Å².